The molecule has 1 saturated heterocycles. The van der Waals surface area contributed by atoms with Gasteiger partial charge in [-0.15, -0.1) is 0 Å². The van der Waals surface area contributed by atoms with Crippen LogP contribution in [0.3, 0.4) is 0 Å². The number of hydrogen-bond acceptors (Lipinski definition) is 4. The highest BCUT2D eigenvalue weighted by molar-refractivity contribution is 5.91. The van der Waals surface area contributed by atoms with Gasteiger partial charge in [0.15, 0.2) is 18.3 Å². The lowest BCUT2D eigenvalue weighted by molar-refractivity contribution is -0.678. The van der Waals surface area contributed by atoms with Crippen molar-refractivity contribution < 1.29 is 19.3 Å². The maximum Gasteiger partial charge on any atom is 0.279 e. The fraction of sp³-hybridized carbons (Fsp3) is 0.261. The van der Waals surface area contributed by atoms with Crippen LogP contribution in [0.5, 0.6) is 0 Å². The fourth-order valence-corrected chi connectivity index (χ4v) is 3.56. The largest absolute Gasteiger partial charge is 0.463 e. The van der Waals surface area contributed by atoms with Crippen molar-refractivity contribution in [3.63, 3.8) is 0 Å². The second kappa shape index (κ2) is 9.41. The van der Waals surface area contributed by atoms with Gasteiger partial charge in [-0.05, 0) is 36.4 Å². The first kappa shape index (κ1) is 19.2. The van der Waals surface area contributed by atoms with Crippen LogP contribution in [0.15, 0.2) is 77.4 Å². The van der Waals surface area contributed by atoms with Gasteiger partial charge in [0.05, 0.1) is 19.5 Å². The van der Waals surface area contributed by atoms with Gasteiger partial charge >= 0.3 is 0 Å². The molecule has 1 atom stereocenters. The molecule has 0 bridgehead atoms. The molecule has 3 aromatic rings. The van der Waals surface area contributed by atoms with Crippen LogP contribution in [-0.2, 0) is 9.53 Å². The average Bonchev–Trinajstić information content (AvgIpc) is 3.30. The van der Waals surface area contributed by atoms with Crippen LogP contribution in [0.25, 0.3) is 0 Å². The molecule has 1 amide bonds. The zero-order chi connectivity index (χ0) is 19.9. The van der Waals surface area contributed by atoms with E-state index in [0.717, 1.165) is 49.0 Å². The van der Waals surface area contributed by atoms with Crippen LogP contribution >= 0.6 is 0 Å². The zero-order valence-corrected chi connectivity index (χ0v) is 16.3. The van der Waals surface area contributed by atoms with E-state index in [1.165, 1.54) is 0 Å². The highest BCUT2D eigenvalue weighted by Gasteiger charge is 2.21. The van der Waals surface area contributed by atoms with E-state index in [4.69, 9.17) is 9.15 Å². The molecule has 2 aromatic carbocycles. The smallest absolute Gasteiger partial charge is 0.279 e. The first-order valence-electron chi connectivity index (χ1n) is 9.94. The molecule has 1 fully saturated rings. The number of amides is 1. The molecule has 0 spiro atoms. The van der Waals surface area contributed by atoms with E-state index < -0.39 is 0 Å². The van der Waals surface area contributed by atoms with Gasteiger partial charge in [0.25, 0.3) is 5.91 Å². The van der Waals surface area contributed by atoms with Crippen LogP contribution in [0.1, 0.15) is 17.4 Å². The summed E-state index contributed by atoms with van der Waals surface area (Å²) in [6.45, 7) is 3.60. The van der Waals surface area contributed by atoms with Crippen molar-refractivity contribution in [3.05, 3.63) is 84.3 Å². The number of ether oxygens (including phenoxy) is 1. The summed E-state index contributed by atoms with van der Waals surface area (Å²) >= 11 is 0. The first-order valence-corrected chi connectivity index (χ1v) is 9.94. The Morgan fingerprint density at radius 3 is 2.45 bits per heavy atom. The third-order valence-corrected chi connectivity index (χ3v) is 5.07. The summed E-state index contributed by atoms with van der Waals surface area (Å²) in [7, 11) is 0. The Morgan fingerprint density at radius 2 is 1.76 bits per heavy atom. The minimum Gasteiger partial charge on any atom is -0.463 e. The van der Waals surface area contributed by atoms with Crippen molar-refractivity contribution in [2.45, 2.75) is 6.04 Å². The number of morpholine rings is 1. The van der Waals surface area contributed by atoms with Crippen LogP contribution in [0.4, 0.5) is 11.4 Å². The third kappa shape index (κ3) is 5.04. The summed E-state index contributed by atoms with van der Waals surface area (Å²) in [6, 6.07) is 21.8. The molecule has 1 aliphatic heterocycles. The highest BCUT2D eigenvalue weighted by Crippen LogP contribution is 2.20. The Labute approximate surface area is 170 Å². The van der Waals surface area contributed by atoms with E-state index in [-0.39, 0.29) is 11.9 Å². The first-order chi connectivity index (χ1) is 14.3. The van der Waals surface area contributed by atoms with E-state index in [2.05, 4.69) is 10.2 Å². The van der Waals surface area contributed by atoms with Gasteiger partial charge in [0.2, 0.25) is 0 Å². The van der Waals surface area contributed by atoms with Crippen molar-refractivity contribution in [1.29, 1.82) is 0 Å². The number of anilines is 2. The molecule has 0 aliphatic carbocycles. The lowest BCUT2D eigenvalue weighted by atomic mass is 10.0. The molecular formula is C23H26N3O3+. The molecule has 29 heavy (non-hydrogen) atoms. The molecule has 6 nitrogen and oxygen atoms in total. The van der Waals surface area contributed by atoms with Gasteiger partial charge in [-0.25, -0.2) is 0 Å². The summed E-state index contributed by atoms with van der Waals surface area (Å²) in [5.74, 6) is 0.787. The maximum absolute atomic E-state index is 12.5. The van der Waals surface area contributed by atoms with Crippen LogP contribution in [-0.4, -0.2) is 38.8 Å². The second-order valence-electron chi connectivity index (χ2n) is 7.04. The standard InChI is InChI=1S/C23H25N3O3/c27-22(25-19-8-10-20(11-9-19)26-12-15-28-16-13-26)17-24-23(21-7-4-14-29-21)18-5-2-1-3-6-18/h1-11,14,23-24H,12-13,15-17H2,(H,25,27)/p+1/t23-/m0/s1. The molecule has 1 aliphatic rings. The van der Waals surface area contributed by atoms with Crippen molar-refractivity contribution in [2.24, 2.45) is 0 Å². The number of benzene rings is 2. The number of hydrogen-bond donors (Lipinski definition) is 2. The highest BCUT2D eigenvalue weighted by atomic mass is 16.5. The van der Waals surface area contributed by atoms with Crippen LogP contribution < -0.4 is 15.5 Å². The van der Waals surface area contributed by atoms with Crippen molar-refractivity contribution in [1.82, 2.24) is 0 Å². The SMILES string of the molecule is O=C(C[NH2+][C@@H](c1ccccc1)c1ccco1)Nc1ccc(N2CCOCC2)cc1. The lowest BCUT2D eigenvalue weighted by Gasteiger charge is -2.28. The second-order valence-corrected chi connectivity index (χ2v) is 7.04. The molecule has 3 N–H and O–H groups in total. The quantitative estimate of drug-likeness (QED) is 0.648. The monoisotopic (exact) mass is 392 g/mol. The number of nitrogens with one attached hydrogen (secondary N) is 1. The number of nitrogens with zero attached hydrogens (tertiary/aromatic N) is 1. The lowest BCUT2D eigenvalue weighted by Crippen LogP contribution is -2.87. The van der Waals surface area contributed by atoms with E-state index in [1.807, 2.05) is 72.0 Å². The summed E-state index contributed by atoms with van der Waals surface area (Å²) in [6.07, 6.45) is 1.66. The Kier molecular flexibility index (Phi) is 6.24. The molecule has 2 heterocycles. The van der Waals surface area contributed by atoms with E-state index >= 15 is 0 Å². The summed E-state index contributed by atoms with van der Waals surface area (Å²) in [5.41, 5.74) is 3.06. The summed E-state index contributed by atoms with van der Waals surface area (Å²) in [4.78, 5) is 14.8. The molecule has 4 rings (SSSR count). The Bertz CT molecular complexity index is 889. The Morgan fingerprint density at radius 1 is 1.00 bits per heavy atom. The molecule has 6 heteroatoms. The number of carbonyl (C=O) groups excluding carboxylic acids is 1. The minimum atomic E-state index is -0.0550. The minimum absolute atomic E-state index is 0.0448. The van der Waals surface area contributed by atoms with E-state index in [0.29, 0.717) is 6.54 Å². The van der Waals surface area contributed by atoms with Gasteiger partial charge < -0.3 is 24.7 Å². The molecule has 150 valence electrons. The Hall–Kier alpha value is -3.09. The number of furan rings is 1. The van der Waals surface area contributed by atoms with Gasteiger partial charge in [-0.2, -0.15) is 0 Å². The van der Waals surface area contributed by atoms with Crippen molar-refractivity contribution in [2.75, 3.05) is 43.1 Å². The van der Waals surface area contributed by atoms with Gasteiger partial charge in [-0.3, -0.25) is 4.79 Å². The number of nitrogens with two attached hydrogens (primary N) is 1. The van der Waals surface area contributed by atoms with E-state index in [1.54, 1.807) is 6.26 Å². The van der Waals surface area contributed by atoms with Crippen LogP contribution in [0, 0.1) is 0 Å². The van der Waals surface area contributed by atoms with Crippen LogP contribution in [0.2, 0.25) is 0 Å². The van der Waals surface area contributed by atoms with Gasteiger partial charge in [0, 0.05) is 30.0 Å². The molecular weight excluding hydrogens is 366 g/mol. The fourth-order valence-electron chi connectivity index (χ4n) is 3.56. The van der Waals surface area contributed by atoms with Gasteiger partial charge in [0.1, 0.15) is 0 Å². The molecule has 1 aromatic heterocycles. The molecule has 0 radical (unpaired) electrons. The average molecular weight is 392 g/mol. The molecule has 0 saturated carbocycles. The number of rotatable bonds is 7. The van der Waals surface area contributed by atoms with E-state index in [9.17, 15) is 4.79 Å². The maximum atomic E-state index is 12.5. The summed E-state index contributed by atoms with van der Waals surface area (Å²) < 4.78 is 11.0. The predicted octanol–water partition coefficient (Wildman–Crippen LogP) is 2.41. The zero-order valence-electron chi connectivity index (χ0n) is 16.3. The molecule has 0 unspecified atom stereocenters. The Balaban J connectivity index is 1.35. The summed E-state index contributed by atoms with van der Waals surface area (Å²) in [5, 5.41) is 4.97. The van der Waals surface area contributed by atoms with Gasteiger partial charge in [-0.1, -0.05) is 30.3 Å². The number of carbonyl (C=O) groups is 1. The third-order valence-electron chi connectivity index (χ3n) is 5.07. The topological polar surface area (TPSA) is 71.3 Å². The van der Waals surface area contributed by atoms with Crippen molar-refractivity contribution >= 4 is 17.3 Å². The predicted molar refractivity (Wildman–Crippen MR) is 112 cm³/mol. The van der Waals surface area contributed by atoms with Crippen molar-refractivity contribution in [3.8, 4) is 0 Å². The number of quaternary nitrogens is 1. The normalized spacial score (nSPS) is 15.1.